The number of halogens is 1. The van der Waals surface area contributed by atoms with Gasteiger partial charge in [0.05, 0.1) is 30.2 Å². The number of aromatic nitrogens is 6. The van der Waals surface area contributed by atoms with E-state index in [4.69, 9.17) is 4.74 Å². The fraction of sp³-hybridized carbons (Fsp3) is 0.348. The Hall–Kier alpha value is -3.52. The SMILES string of the molecule is Cc1c(-c2cc(OC(CO)c3ccccn3)c3c(C#N)cnn3c2)nnn1C1CCNCC1.Cl. The van der Waals surface area contributed by atoms with E-state index in [2.05, 4.69) is 31.8 Å². The summed E-state index contributed by atoms with van der Waals surface area (Å²) in [5.41, 5.74) is 3.95. The molecular formula is C23H25ClN8O2. The van der Waals surface area contributed by atoms with Crippen LogP contribution in [0, 0.1) is 18.3 Å². The molecule has 5 heterocycles. The minimum atomic E-state index is -0.696. The van der Waals surface area contributed by atoms with Gasteiger partial charge in [0.1, 0.15) is 28.6 Å². The molecule has 0 radical (unpaired) electrons. The molecule has 0 spiro atoms. The highest BCUT2D eigenvalue weighted by Gasteiger charge is 2.23. The molecule has 1 saturated heterocycles. The predicted octanol–water partition coefficient (Wildman–Crippen LogP) is 2.63. The number of fused-ring (bicyclic) bond motifs is 1. The summed E-state index contributed by atoms with van der Waals surface area (Å²) in [6.45, 7) is 3.66. The molecule has 4 aromatic heterocycles. The number of rotatable bonds is 6. The smallest absolute Gasteiger partial charge is 0.163 e. The third kappa shape index (κ3) is 4.33. The summed E-state index contributed by atoms with van der Waals surface area (Å²) < 4.78 is 9.81. The number of nitriles is 1. The van der Waals surface area contributed by atoms with Gasteiger partial charge in [-0.1, -0.05) is 11.3 Å². The van der Waals surface area contributed by atoms with Crippen LogP contribution in [0.5, 0.6) is 5.75 Å². The van der Waals surface area contributed by atoms with Gasteiger partial charge in [-0.25, -0.2) is 9.20 Å². The molecule has 11 heteroatoms. The average molecular weight is 481 g/mol. The molecule has 1 unspecified atom stereocenters. The van der Waals surface area contributed by atoms with E-state index in [0.29, 0.717) is 28.6 Å². The zero-order valence-electron chi connectivity index (χ0n) is 18.6. The molecule has 1 fully saturated rings. The van der Waals surface area contributed by atoms with Crippen LogP contribution in [0.3, 0.4) is 0 Å². The first-order chi connectivity index (χ1) is 16.2. The summed E-state index contributed by atoms with van der Waals surface area (Å²) in [6.07, 6.45) is 6.28. The number of piperidine rings is 1. The van der Waals surface area contributed by atoms with Gasteiger partial charge >= 0.3 is 0 Å². The molecular weight excluding hydrogens is 456 g/mol. The lowest BCUT2D eigenvalue weighted by Gasteiger charge is -2.23. The van der Waals surface area contributed by atoms with Crippen molar-refractivity contribution >= 4 is 17.9 Å². The van der Waals surface area contributed by atoms with E-state index in [0.717, 1.165) is 42.9 Å². The molecule has 0 aliphatic carbocycles. The zero-order valence-corrected chi connectivity index (χ0v) is 19.4. The van der Waals surface area contributed by atoms with E-state index in [1.165, 1.54) is 6.20 Å². The Kier molecular flexibility index (Phi) is 7.07. The van der Waals surface area contributed by atoms with Gasteiger partial charge in [-0.05, 0) is 51.1 Å². The molecule has 0 saturated carbocycles. The zero-order chi connectivity index (χ0) is 22.8. The minimum absolute atomic E-state index is 0. The predicted molar refractivity (Wildman–Crippen MR) is 127 cm³/mol. The molecule has 5 rings (SSSR count). The van der Waals surface area contributed by atoms with Crippen LogP contribution in [0.2, 0.25) is 0 Å². The van der Waals surface area contributed by atoms with Crippen molar-refractivity contribution in [2.45, 2.75) is 31.9 Å². The van der Waals surface area contributed by atoms with Crippen molar-refractivity contribution in [3.05, 3.63) is 59.8 Å². The highest BCUT2D eigenvalue weighted by atomic mass is 35.5. The Morgan fingerprint density at radius 3 is 2.85 bits per heavy atom. The summed E-state index contributed by atoms with van der Waals surface area (Å²) in [7, 11) is 0. The first-order valence-corrected chi connectivity index (χ1v) is 10.9. The van der Waals surface area contributed by atoms with E-state index < -0.39 is 6.10 Å². The molecule has 34 heavy (non-hydrogen) atoms. The fourth-order valence-electron chi connectivity index (χ4n) is 4.30. The Balaban J connectivity index is 0.00000274. The Morgan fingerprint density at radius 1 is 1.32 bits per heavy atom. The van der Waals surface area contributed by atoms with Gasteiger partial charge in [-0.15, -0.1) is 17.5 Å². The van der Waals surface area contributed by atoms with Crippen molar-refractivity contribution in [3.63, 3.8) is 0 Å². The second-order valence-electron chi connectivity index (χ2n) is 8.05. The van der Waals surface area contributed by atoms with Crippen molar-refractivity contribution in [1.29, 1.82) is 5.26 Å². The molecule has 1 atom stereocenters. The van der Waals surface area contributed by atoms with Crippen LogP contribution in [-0.2, 0) is 0 Å². The number of pyridine rings is 2. The molecule has 176 valence electrons. The van der Waals surface area contributed by atoms with Gasteiger partial charge in [-0.3, -0.25) is 4.98 Å². The van der Waals surface area contributed by atoms with E-state index in [1.54, 1.807) is 22.8 Å². The van der Waals surface area contributed by atoms with Crippen LogP contribution in [-0.4, -0.2) is 54.4 Å². The normalized spacial score (nSPS) is 15.0. The van der Waals surface area contributed by atoms with Gasteiger partial charge in [0.2, 0.25) is 0 Å². The third-order valence-electron chi connectivity index (χ3n) is 6.01. The average Bonchev–Trinajstić information content (AvgIpc) is 3.46. The van der Waals surface area contributed by atoms with E-state index in [1.807, 2.05) is 29.9 Å². The van der Waals surface area contributed by atoms with Crippen molar-refractivity contribution in [2.75, 3.05) is 19.7 Å². The second kappa shape index (κ2) is 10.2. The maximum Gasteiger partial charge on any atom is 0.163 e. The Labute approximate surface area is 202 Å². The van der Waals surface area contributed by atoms with Gasteiger partial charge in [0.15, 0.2) is 6.10 Å². The summed E-state index contributed by atoms with van der Waals surface area (Å²) in [4.78, 5) is 4.30. The van der Waals surface area contributed by atoms with E-state index >= 15 is 0 Å². The summed E-state index contributed by atoms with van der Waals surface area (Å²) >= 11 is 0. The summed E-state index contributed by atoms with van der Waals surface area (Å²) in [6, 6.07) is 9.72. The molecule has 1 aliphatic heterocycles. The maximum absolute atomic E-state index is 9.98. The standard InChI is InChI=1S/C23H24N8O2.ClH/c1-15-22(28-29-31(15)18-5-8-25-9-6-18)16-10-20(23-17(11-24)12-27-30(23)13-16)33-21(14-32)19-4-2-3-7-26-19;/h2-4,7,10,12-13,18,21,25,32H,5-6,8-9,14H2,1H3;1H. The second-order valence-corrected chi connectivity index (χ2v) is 8.05. The highest BCUT2D eigenvalue weighted by molar-refractivity contribution is 5.85. The lowest BCUT2D eigenvalue weighted by atomic mass is 10.1. The van der Waals surface area contributed by atoms with Crippen LogP contribution >= 0.6 is 12.4 Å². The number of ether oxygens (including phenoxy) is 1. The molecule has 2 N–H and O–H groups in total. The van der Waals surface area contributed by atoms with E-state index in [9.17, 15) is 10.4 Å². The van der Waals surface area contributed by atoms with Crippen molar-refractivity contribution in [3.8, 4) is 23.1 Å². The van der Waals surface area contributed by atoms with Crippen molar-refractivity contribution in [2.24, 2.45) is 0 Å². The third-order valence-corrected chi connectivity index (χ3v) is 6.01. The van der Waals surface area contributed by atoms with Crippen LogP contribution in [0.4, 0.5) is 0 Å². The van der Waals surface area contributed by atoms with Crippen LogP contribution in [0.25, 0.3) is 16.8 Å². The number of nitrogens with one attached hydrogen (secondary N) is 1. The number of nitrogens with zero attached hydrogens (tertiary/aromatic N) is 7. The Morgan fingerprint density at radius 2 is 2.15 bits per heavy atom. The number of hydrogen-bond donors (Lipinski definition) is 2. The van der Waals surface area contributed by atoms with Gasteiger partial charge in [0.25, 0.3) is 0 Å². The Bertz CT molecular complexity index is 1310. The quantitative estimate of drug-likeness (QED) is 0.431. The summed E-state index contributed by atoms with van der Waals surface area (Å²) in [5.74, 6) is 0.419. The number of hydrogen-bond acceptors (Lipinski definition) is 8. The highest BCUT2D eigenvalue weighted by Crippen LogP contribution is 2.34. The molecule has 0 bridgehead atoms. The first-order valence-electron chi connectivity index (χ1n) is 10.9. The van der Waals surface area contributed by atoms with E-state index in [-0.39, 0.29) is 19.0 Å². The molecule has 0 amide bonds. The topological polar surface area (TPSA) is 126 Å². The lowest BCUT2D eigenvalue weighted by molar-refractivity contribution is 0.114. The lowest BCUT2D eigenvalue weighted by Crippen LogP contribution is -2.30. The molecule has 0 aromatic carbocycles. The number of aliphatic hydroxyl groups is 1. The van der Waals surface area contributed by atoms with Crippen LogP contribution in [0.15, 0.2) is 42.9 Å². The van der Waals surface area contributed by atoms with Crippen LogP contribution in [0.1, 0.15) is 41.9 Å². The van der Waals surface area contributed by atoms with Gasteiger partial charge in [-0.2, -0.15) is 10.4 Å². The fourth-order valence-corrected chi connectivity index (χ4v) is 4.30. The molecule has 4 aromatic rings. The van der Waals surface area contributed by atoms with Gasteiger partial charge in [0, 0.05) is 18.0 Å². The number of aliphatic hydroxyl groups excluding tert-OH is 1. The maximum atomic E-state index is 9.98. The van der Waals surface area contributed by atoms with Crippen LogP contribution < -0.4 is 10.1 Å². The first kappa shape index (κ1) is 23.6. The minimum Gasteiger partial charge on any atom is -0.479 e. The largest absolute Gasteiger partial charge is 0.479 e. The summed E-state index contributed by atoms with van der Waals surface area (Å²) in [5, 5.41) is 36.2. The molecule has 1 aliphatic rings. The monoisotopic (exact) mass is 480 g/mol. The van der Waals surface area contributed by atoms with Crippen molar-refractivity contribution < 1.29 is 9.84 Å². The van der Waals surface area contributed by atoms with Crippen molar-refractivity contribution in [1.82, 2.24) is 34.9 Å². The molecule has 10 nitrogen and oxygen atoms in total. The van der Waals surface area contributed by atoms with Gasteiger partial charge < -0.3 is 15.2 Å².